The Kier molecular flexibility index (Phi) is 3.60. The molecule has 2 aliphatic carbocycles. The fourth-order valence-electron chi connectivity index (χ4n) is 3.46. The van der Waals surface area contributed by atoms with Gasteiger partial charge in [0.2, 0.25) is 0 Å². The van der Waals surface area contributed by atoms with Gasteiger partial charge in [-0.05, 0) is 49.0 Å². The van der Waals surface area contributed by atoms with E-state index < -0.39 is 0 Å². The maximum atomic E-state index is 6.01. The quantitative estimate of drug-likeness (QED) is 0.785. The Balaban J connectivity index is 1.55. The molecule has 0 bridgehead atoms. The zero-order valence-electron chi connectivity index (χ0n) is 13.8. The second kappa shape index (κ2) is 5.77. The van der Waals surface area contributed by atoms with Gasteiger partial charge >= 0.3 is 0 Å². The number of hydrogen-bond donors (Lipinski definition) is 1. The first-order valence-corrected chi connectivity index (χ1v) is 8.57. The van der Waals surface area contributed by atoms with Crippen molar-refractivity contribution in [3.05, 3.63) is 59.4 Å². The first kappa shape index (κ1) is 14.4. The summed E-state index contributed by atoms with van der Waals surface area (Å²) in [6.45, 7) is 4.48. The number of rotatable bonds is 3. The fourth-order valence-corrected chi connectivity index (χ4v) is 3.46. The number of hydrogen-bond acceptors (Lipinski definition) is 2. The van der Waals surface area contributed by atoms with Crippen LogP contribution in [0.2, 0.25) is 0 Å². The number of benzene rings is 1. The highest BCUT2D eigenvalue weighted by atomic mass is 16.3. The highest BCUT2D eigenvalue weighted by Gasteiger charge is 2.15. The summed E-state index contributed by atoms with van der Waals surface area (Å²) in [6, 6.07) is 6.86. The van der Waals surface area contributed by atoms with Gasteiger partial charge in [0, 0.05) is 28.7 Å². The number of fused-ring (bicyclic) bond motifs is 3. The maximum Gasteiger partial charge on any atom is 0.137 e. The molecule has 1 N–H and O–H groups in total. The SMILES string of the molecule is CC(C)C1=CCC(Nc2ccc3c4c(oc3c2)C=CCC4)C=C1. The molecule has 0 spiro atoms. The summed E-state index contributed by atoms with van der Waals surface area (Å²) in [5.41, 5.74) is 4.91. The summed E-state index contributed by atoms with van der Waals surface area (Å²) >= 11 is 0. The van der Waals surface area contributed by atoms with E-state index in [2.05, 4.69) is 67.7 Å². The molecule has 1 aromatic carbocycles. The molecule has 0 aliphatic heterocycles. The van der Waals surface area contributed by atoms with E-state index in [4.69, 9.17) is 4.42 Å². The van der Waals surface area contributed by atoms with E-state index >= 15 is 0 Å². The van der Waals surface area contributed by atoms with Gasteiger partial charge in [-0.15, -0.1) is 0 Å². The molecule has 0 radical (unpaired) electrons. The molecule has 2 nitrogen and oxygen atoms in total. The molecule has 4 rings (SSSR count). The topological polar surface area (TPSA) is 25.2 Å². The minimum atomic E-state index is 0.361. The lowest BCUT2D eigenvalue weighted by Gasteiger charge is -2.20. The molecule has 0 saturated carbocycles. The van der Waals surface area contributed by atoms with Gasteiger partial charge in [0.05, 0.1) is 0 Å². The van der Waals surface area contributed by atoms with Crippen LogP contribution in [0.3, 0.4) is 0 Å². The monoisotopic (exact) mass is 305 g/mol. The highest BCUT2D eigenvalue weighted by Crippen LogP contribution is 2.33. The molecule has 1 heterocycles. The van der Waals surface area contributed by atoms with Crippen molar-refractivity contribution >= 4 is 22.7 Å². The van der Waals surface area contributed by atoms with Crippen molar-refractivity contribution in [3.63, 3.8) is 0 Å². The summed E-state index contributed by atoms with van der Waals surface area (Å²) in [5, 5.41) is 4.86. The van der Waals surface area contributed by atoms with E-state index in [1.165, 1.54) is 16.5 Å². The molecular weight excluding hydrogens is 282 g/mol. The third-order valence-electron chi connectivity index (χ3n) is 4.80. The molecule has 23 heavy (non-hydrogen) atoms. The van der Waals surface area contributed by atoms with Gasteiger partial charge in [-0.3, -0.25) is 0 Å². The van der Waals surface area contributed by atoms with Crippen molar-refractivity contribution in [1.82, 2.24) is 0 Å². The van der Waals surface area contributed by atoms with Crippen LogP contribution in [0.1, 0.15) is 38.0 Å². The smallest absolute Gasteiger partial charge is 0.137 e. The molecule has 118 valence electrons. The molecular formula is C21H23NO. The second-order valence-corrected chi connectivity index (χ2v) is 6.80. The Labute approximate surface area is 137 Å². The van der Waals surface area contributed by atoms with Crippen molar-refractivity contribution in [3.8, 4) is 0 Å². The molecule has 1 aromatic heterocycles. The van der Waals surface area contributed by atoms with E-state index in [1.807, 2.05) is 0 Å². The average Bonchev–Trinajstić information content (AvgIpc) is 2.93. The van der Waals surface area contributed by atoms with Crippen LogP contribution in [0.4, 0.5) is 5.69 Å². The van der Waals surface area contributed by atoms with Crippen molar-refractivity contribution in [2.24, 2.45) is 5.92 Å². The van der Waals surface area contributed by atoms with E-state index in [-0.39, 0.29) is 0 Å². The van der Waals surface area contributed by atoms with Crippen LogP contribution in [0.25, 0.3) is 17.0 Å². The largest absolute Gasteiger partial charge is 0.456 e. The summed E-state index contributed by atoms with van der Waals surface area (Å²) in [4.78, 5) is 0. The zero-order valence-corrected chi connectivity index (χ0v) is 13.8. The van der Waals surface area contributed by atoms with Gasteiger partial charge in [0.15, 0.2) is 0 Å². The molecule has 0 saturated heterocycles. The third kappa shape index (κ3) is 2.74. The lowest BCUT2D eigenvalue weighted by atomic mass is 9.95. The maximum absolute atomic E-state index is 6.01. The Bertz CT molecular complexity index is 820. The van der Waals surface area contributed by atoms with Crippen molar-refractivity contribution in [2.75, 3.05) is 5.32 Å². The molecule has 2 heteroatoms. The molecule has 2 aromatic rings. The van der Waals surface area contributed by atoms with Crippen LogP contribution >= 0.6 is 0 Å². The van der Waals surface area contributed by atoms with E-state index in [1.54, 1.807) is 0 Å². The van der Waals surface area contributed by atoms with Crippen molar-refractivity contribution in [2.45, 2.75) is 39.2 Å². The Hall–Kier alpha value is -2.22. The van der Waals surface area contributed by atoms with Crippen molar-refractivity contribution in [1.29, 1.82) is 0 Å². The minimum Gasteiger partial charge on any atom is -0.456 e. The van der Waals surface area contributed by atoms with Crippen LogP contribution in [-0.2, 0) is 6.42 Å². The van der Waals surface area contributed by atoms with Gasteiger partial charge in [-0.2, -0.15) is 0 Å². The van der Waals surface area contributed by atoms with Crippen LogP contribution in [0, 0.1) is 5.92 Å². The standard InChI is InChI=1S/C21H23NO/c1-14(2)15-7-9-16(10-8-15)22-17-11-12-19-18-5-3-4-6-20(18)23-21(19)13-17/h4,6-9,11-14,16,22H,3,5,10H2,1-2H3. The average molecular weight is 305 g/mol. The van der Waals surface area contributed by atoms with Gasteiger partial charge < -0.3 is 9.73 Å². The Morgan fingerprint density at radius 3 is 2.91 bits per heavy atom. The molecule has 0 fully saturated rings. The summed E-state index contributed by atoms with van der Waals surface area (Å²) in [7, 11) is 0. The molecule has 1 atom stereocenters. The number of nitrogens with one attached hydrogen (secondary N) is 1. The minimum absolute atomic E-state index is 0.361. The van der Waals surface area contributed by atoms with Gasteiger partial charge in [-0.1, -0.05) is 38.2 Å². The lowest BCUT2D eigenvalue weighted by molar-refractivity contribution is 0.595. The van der Waals surface area contributed by atoms with Crippen LogP contribution < -0.4 is 5.32 Å². The predicted octanol–water partition coefficient (Wildman–Crippen LogP) is 5.72. The summed E-state index contributed by atoms with van der Waals surface area (Å²) in [5.74, 6) is 1.64. The van der Waals surface area contributed by atoms with E-state index in [0.717, 1.165) is 36.3 Å². The Morgan fingerprint density at radius 1 is 1.22 bits per heavy atom. The number of furan rings is 1. The van der Waals surface area contributed by atoms with E-state index in [0.29, 0.717) is 12.0 Å². The van der Waals surface area contributed by atoms with Gasteiger partial charge in [0.1, 0.15) is 11.3 Å². The fraction of sp³-hybridized carbons (Fsp3) is 0.333. The number of anilines is 1. The normalized spacial score (nSPS) is 20.0. The van der Waals surface area contributed by atoms with E-state index in [9.17, 15) is 0 Å². The first-order chi connectivity index (χ1) is 11.2. The number of allylic oxidation sites excluding steroid dienone is 3. The zero-order chi connectivity index (χ0) is 15.8. The van der Waals surface area contributed by atoms with Crippen LogP contribution in [0.5, 0.6) is 0 Å². The summed E-state index contributed by atoms with van der Waals surface area (Å²) < 4.78 is 6.01. The van der Waals surface area contributed by atoms with Crippen LogP contribution in [0.15, 0.2) is 52.5 Å². The Morgan fingerprint density at radius 2 is 2.13 bits per heavy atom. The first-order valence-electron chi connectivity index (χ1n) is 8.57. The predicted molar refractivity (Wildman–Crippen MR) is 97.7 cm³/mol. The highest BCUT2D eigenvalue weighted by molar-refractivity contribution is 5.87. The van der Waals surface area contributed by atoms with Crippen LogP contribution in [-0.4, -0.2) is 6.04 Å². The van der Waals surface area contributed by atoms with Gasteiger partial charge in [-0.25, -0.2) is 0 Å². The molecule has 0 amide bonds. The molecule has 2 aliphatic rings. The lowest BCUT2D eigenvalue weighted by Crippen LogP contribution is -2.18. The van der Waals surface area contributed by atoms with Gasteiger partial charge in [0.25, 0.3) is 0 Å². The third-order valence-corrected chi connectivity index (χ3v) is 4.80. The second-order valence-electron chi connectivity index (χ2n) is 6.80. The van der Waals surface area contributed by atoms with Crippen molar-refractivity contribution < 1.29 is 4.42 Å². The number of aryl methyl sites for hydroxylation is 1. The molecule has 1 unspecified atom stereocenters. The summed E-state index contributed by atoms with van der Waals surface area (Å²) in [6.07, 6.45) is 14.4.